The molecule has 0 aromatic heterocycles. The summed E-state index contributed by atoms with van der Waals surface area (Å²) >= 11 is 0. The molecule has 1 saturated heterocycles. The Kier molecular flexibility index (Phi) is 5.17. The molecule has 1 aliphatic rings. The first-order valence-electron chi connectivity index (χ1n) is 7.66. The molecule has 1 aromatic carbocycles. The van der Waals surface area contributed by atoms with Gasteiger partial charge in [0, 0.05) is 19.6 Å². The van der Waals surface area contributed by atoms with Crippen LogP contribution in [0.3, 0.4) is 0 Å². The zero-order valence-corrected chi connectivity index (χ0v) is 12.7. The molecule has 0 radical (unpaired) electrons. The van der Waals surface area contributed by atoms with Crippen LogP contribution in [0.4, 0.5) is 0 Å². The maximum absolute atomic E-state index is 9.64. The van der Waals surface area contributed by atoms with Crippen molar-refractivity contribution >= 4 is 0 Å². The third-order valence-corrected chi connectivity index (χ3v) is 4.51. The number of nitriles is 1. The second kappa shape index (κ2) is 6.88. The van der Waals surface area contributed by atoms with E-state index in [2.05, 4.69) is 60.0 Å². The van der Waals surface area contributed by atoms with Crippen molar-refractivity contribution in [2.75, 3.05) is 26.2 Å². The zero-order valence-electron chi connectivity index (χ0n) is 12.7. The maximum Gasteiger partial charge on any atom is 0.111 e. The van der Waals surface area contributed by atoms with Gasteiger partial charge in [0.1, 0.15) is 5.54 Å². The van der Waals surface area contributed by atoms with E-state index in [0.717, 1.165) is 45.6 Å². The summed E-state index contributed by atoms with van der Waals surface area (Å²) in [7, 11) is 0. The molecule has 0 amide bonds. The van der Waals surface area contributed by atoms with Crippen LogP contribution in [0.2, 0.25) is 0 Å². The Labute approximate surface area is 122 Å². The molecule has 0 spiro atoms. The van der Waals surface area contributed by atoms with E-state index >= 15 is 0 Å². The quantitative estimate of drug-likeness (QED) is 0.825. The van der Waals surface area contributed by atoms with E-state index in [9.17, 15) is 5.26 Å². The van der Waals surface area contributed by atoms with Gasteiger partial charge in [-0.2, -0.15) is 5.26 Å². The molecule has 0 saturated carbocycles. The minimum Gasteiger partial charge on any atom is -0.299 e. The number of hydrogen-bond acceptors (Lipinski definition) is 3. The summed E-state index contributed by atoms with van der Waals surface area (Å²) in [5.41, 5.74) is 1.12. The lowest BCUT2D eigenvalue weighted by molar-refractivity contribution is 0.0654. The first-order chi connectivity index (χ1) is 9.74. The topological polar surface area (TPSA) is 30.3 Å². The minimum atomic E-state index is -0.239. The van der Waals surface area contributed by atoms with Crippen molar-refractivity contribution < 1.29 is 0 Å². The molecule has 2 rings (SSSR count). The van der Waals surface area contributed by atoms with Crippen molar-refractivity contribution in [3.63, 3.8) is 0 Å². The fourth-order valence-electron chi connectivity index (χ4n) is 3.25. The molecule has 1 fully saturated rings. The van der Waals surface area contributed by atoms with Gasteiger partial charge in [-0.25, -0.2) is 0 Å². The largest absolute Gasteiger partial charge is 0.299 e. The molecule has 20 heavy (non-hydrogen) atoms. The Hall–Kier alpha value is -1.37. The highest BCUT2D eigenvalue weighted by atomic mass is 15.2. The summed E-state index contributed by atoms with van der Waals surface area (Å²) in [6.45, 7) is 9.25. The lowest BCUT2D eigenvalue weighted by atomic mass is 9.86. The van der Waals surface area contributed by atoms with Crippen LogP contribution in [0, 0.1) is 11.3 Å². The van der Waals surface area contributed by atoms with Gasteiger partial charge in [-0.15, -0.1) is 0 Å². The van der Waals surface area contributed by atoms with Crippen LogP contribution in [-0.4, -0.2) is 41.5 Å². The van der Waals surface area contributed by atoms with Crippen LogP contribution in [0.1, 0.15) is 32.3 Å². The molecule has 108 valence electrons. The van der Waals surface area contributed by atoms with Gasteiger partial charge < -0.3 is 0 Å². The van der Waals surface area contributed by atoms with Gasteiger partial charge in [0.25, 0.3) is 0 Å². The summed E-state index contributed by atoms with van der Waals surface area (Å²) in [5.74, 6) is 0. The highest BCUT2D eigenvalue weighted by Gasteiger charge is 2.38. The lowest BCUT2D eigenvalue weighted by Crippen LogP contribution is -2.54. The molecule has 0 atom stereocenters. The van der Waals surface area contributed by atoms with Crippen LogP contribution in [0.5, 0.6) is 0 Å². The van der Waals surface area contributed by atoms with Crippen molar-refractivity contribution in [3.8, 4) is 6.07 Å². The summed E-state index contributed by atoms with van der Waals surface area (Å²) < 4.78 is 0. The Morgan fingerprint density at radius 2 is 1.75 bits per heavy atom. The molecule has 1 aliphatic heterocycles. The number of nitrogens with zero attached hydrogens (tertiary/aromatic N) is 3. The number of piperidine rings is 1. The van der Waals surface area contributed by atoms with Crippen molar-refractivity contribution in [1.82, 2.24) is 9.80 Å². The van der Waals surface area contributed by atoms with Crippen molar-refractivity contribution in [1.29, 1.82) is 5.26 Å². The first-order valence-corrected chi connectivity index (χ1v) is 7.66. The minimum absolute atomic E-state index is 0.239. The summed E-state index contributed by atoms with van der Waals surface area (Å²) in [6, 6.07) is 13.2. The molecule has 0 aliphatic carbocycles. The molecule has 1 aromatic rings. The number of rotatable bonds is 5. The Morgan fingerprint density at radius 1 is 1.15 bits per heavy atom. The molecular formula is C17H25N3. The second-order valence-electron chi connectivity index (χ2n) is 5.58. The number of benzene rings is 1. The molecule has 0 unspecified atom stereocenters. The molecule has 3 heteroatoms. The fraction of sp³-hybridized carbons (Fsp3) is 0.588. The zero-order chi connectivity index (χ0) is 14.4. The maximum atomic E-state index is 9.64. The standard InChI is InChI=1S/C17H25N3/c1-3-20(4-2)17(15-18)10-12-19(13-11-17)14-16-8-6-5-7-9-16/h5-9H,3-4,10-14H2,1-2H3. The molecule has 3 nitrogen and oxygen atoms in total. The van der Waals surface area contributed by atoms with Crippen LogP contribution in [-0.2, 0) is 6.54 Å². The van der Waals surface area contributed by atoms with Crippen LogP contribution in [0.15, 0.2) is 30.3 Å². The highest BCUT2D eigenvalue weighted by Crippen LogP contribution is 2.28. The van der Waals surface area contributed by atoms with Crippen LogP contribution < -0.4 is 0 Å². The summed E-state index contributed by atoms with van der Waals surface area (Å²) in [5, 5.41) is 9.64. The van der Waals surface area contributed by atoms with Gasteiger partial charge in [0.15, 0.2) is 0 Å². The Morgan fingerprint density at radius 3 is 2.25 bits per heavy atom. The van der Waals surface area contributed by atoms with Gasteiger partial charge in [0.2, 0.25) is 0 Å². The van der Waals surface area contributed by atoms with E-state index in [1.807, 2.05) is 0 Å². The van der Waals surface area contributed by atoms with Crippen molar-refractivity contribution in [2.24, 2.45) is 0 Å². The summed E-state index contributed by atoms with van der Waals surface area (Å²) in [4.78, 5) is 4.79. The van der Waals surface area contributed by atoms with Crippen molar-refractivity contribution in [3.05, 3.63) is 35.9 Å². The SMILES string of the molecule is CCN(CC)C1(C#N)CCN(Cc2ccccc2)CC1. The average Bonchev–Trinajstić information content (AvgIpc) is 2.51. The van der Waals surface area contributed by atoms with Crippen LogP contribution in [0.25, 0.3) is 0 Å². The molecule has 0 N–H and O–H groups in total. The second-order valence-corrected chi connectivity index (χ2v) is 5.58. The number of hydrogen-bond donors (Lipinski definition) is 0. The Bertz CT molecular complexity index is 437. The number of likely N-dealkylation sites (tertiary alicyclic amines) is 1. The van der Waals surface area contributed by atoms with Gasteiger partial charge >= 0.3 is 0 Å². The van der Waals surface area contributed by atoms with E-state index in [4.69, 9.17) is 0 Å². The van der Waals surface area contributed by atoms with Gasteiger partial charge in [-0.05, 0) is 31.5 Å². The Balaban J connectivity index is 1.96. The third-order valence-electron chi connectivity index (χ3n) is 4.51. The predicted molar refractivity (Wildman–Crippen MR) is 82.2 cm³/mol. The van der Waals surface area contributed by atoms with E-state index in [-0.39, 0.29) is 5.54 Å². The smallest absolute Gasteiger partial charge is 0.111 e. The first kappa shape index (κ1) is 15.0. The van der Waals surface area contributed by atoms with E-state index < -0.39 is 0 Å². The highest BCUT2D eigenvalue weighted by molar-refractivity contribution is 5.16. The van der Waals surface area contributed by atoms with Crippen molar-refractivity contribution in [2.45, 2.75) is 38.8 Å². The van der Waals surface area contributed by atoms with E-state index in [0.29, 0.717) is 0 Å². The van der Waals surface area contributed by atoms with E-state index in [1.54, 1.807) is 0 Å². The predicted octanol–water partition coefficient (Wildman–Crippen LogP) is 2.89. The van der Waals surface area contributed by atoms with Gasteiger partial charge in [0.05, 0.1) is 6.07 Å². The summed E-state index contributed by atoms with van der Waals surface area (Å²) in [6.07, 6.45) is 1.91. The monoisotopic (exact) mass is 271 g/mol. The molecule has 0 bridgehead atoms. The van der Waals surface area contributed by atoms with Gasteiger partial charge in [-0.3, -0.25) is 9.80 Å². The van der Waals surface area contributed by atoms with E-state index in [1.165, 1.54) is 5.56 Å². The molecular weight excluding hydrogens is 246 g/mol. The normalized spacial score (nSPS) is 18.9. The lowest BCUT2D eigenvalue weighted by Gasteiger charge is -2.43. The third kappa shape index (κ3) is 3.20. The molecule has 1 heterocycles. The van der Waals surface area contributed by atoms with Gasteiger partial charge in [-0.1, -0.05) is 44.2 Å². The fourth-order valence-corrected chi connectivity index (χ4v) is 3.25. The average molecular weight is 271 g/mol. The van der Waals surface area contributed by atoms with Crippen LogP contribution >= 0.6 is 0 Å².